The highest BCUT2D eigenvalue weighted by Gasteiger charge is 2.28. The molecule has 1 N–H and O–H groups in total. The van der Waals surface area contributed by atoms with Crippen LogP contribution in [0.4, 0.5) is 0 Å². The van der Waals surface area contributed by atoms with E-state index in [2.05, 4.69) is 9.97 Å². The summed E-state index contributed by atoms with van der Waals surface area (Å²) in [7, 11) is 0. The number of H-pyrrole nitrogens is 1. The molecule has 0 amide bonds. The van der Waals surface area contributed by atoms with E-state index in [1.165, 1.54) is 16.2 Å². The fourth-order valence-electron chi connectivity index (χ4n) is 4.37. The van der Waals surface area contributed by atoms with Gasteiger partial charge in [-0.15, -0.1) is 11.3 Å². The number of aromatic nitrogens is 2. The second-order valence-electron chi connectivity index (χ2n) is 7.70. The molecule has 2 aromatic heterocycles. The van der Waals surface area contributed by atoms with Crippen molar-refractivity contribution in [3.8, 4) is 11.8 Å². The van der Waals surface area contributed by atoms with Gasteiger partial charge in [-0.25, -0.2) is 4.98 Å². The Labute approximate surface area is 181 Å². The molecule has 1 aromatic carbocycles. The van der Waals surface area contributed by atoms with Crippen LogP contribution < -0.4 is 10.3 Å². The highest BCUT2D eigenvalue weighted by Crippen LogP contribution is 2.35. The van der Waals surface area contributed by atoms with Crippen LogP contribution in [0.3, 0.4) is 0 Å². The van der Waals surface area contributed by atoms with E-state index in [9.17, 15) is 14.9 Å². The van der Waals surface area contributed by atoms with Crippen LogP contribution >= 0.6 is 22.9 Å². The summed E-state index contributed by atoms with van der Waals surface area (Å²) in [6, 6.07) is 5.56. The van der Waals surface area contributed by atoms with Crippen LogP contribution in [0.15, 0.2) is 16.9 Å². The largest absolute Gasteiger partial charge is 0.493 e. The number of hydrogen-bond donors (Lipinski definition) is 1. The summed E-state index contributed by atoms with van der Waals surface area (Å²) in [5, 5.41) is 10.9. The highest BCUT2D eigenvalue weighted by atomic mass is 35.5. The molecule has 6 nitrogen and oxygen atoms in total. The van der Waals surface area contributed by atoms with Crippen molar-refractivity contribution in [1.29, 1.82) is 5.26 Å². The fourth-order valence-corrected chi connectivity index (χ4v) is 5.90. The van der Waals surface area contributed by atoms with Gasteiger partial charge in [0, 0.05) is 28.3 Å². The maximum absolute atomic E-state index is 13.0. The van der Waals surface area contributed by atoms with E-state index in [1.54, 1.807) is 6.07 Å². The molecule has 0 saturated carbocycles. The predicted molar refractivity (Wildman–Crippen MR) is 115 cm³/mol. The van der Waals surface area contributed by atoms with Gasteiger partial charge in [0.15, 0.2) is 11.7 Å². The van der Waals surface area contributed by atoms with Crippen molar-refractivity contribution in [3.63, 3.8) is 0 Å². The van der Waals surface area contributed by atoms with Gasteiger partial charge in [-0.1, -0.05) is 11.6 Å². The molecule has 0 bridgehead atoms. The summed E-state index contributed by atoms with van der Waals surface area (Å²) in [4.78, 5) is 34.8. The zero-order chi connectivity index (χ0) is 20.8. The number of Topliss-reactive ketones (excluding diaryl/α,β-unsaturated/α-hetero) is 1. The van der Waals surface area contributed by atoms with E-state index >= 15 is 0 Å². The van der Waals surface area contributed by atoms with Gasteiger partial charge in [0.2, 0.25) is 0 Å². The Morgan fingerprint density at radius 2 is 2.17 bits per heavy atom. The van der Waals surface area contributed by atoms with E-state index in [-0.39, 0.29) is 23.6 Å². The first kappa shape index (κ1) is 19.3. The SMILES string of the molecule is N#C[C@@H](C(=O)Cc1cc(Cl)cc2c1OCC2)c1nc2sc3c(c2c(=O)[nH]1)CCCC3. The zero-order valence-electron chi connectivity index (χ0n) is 16.1. The molecule has 5 rings (SSSR count). The number of carbonyl (C=O) groups is 1. The summed E-state index contributed by atoms with van der Waals surface area (Å²) in [6.07, 6.45) is 4.73. The first-order valence-electron chi connectivity index (χ1n) is 9.96. The number of nitrogens with zero attached hydrogens (tertiary/aromatic N) is 2. The molecule has 0 radical (unpaired) electrons. The molecule has 1 aliphatic heterocycles. The van der Waals surface area contributed by atoms with Crippen LogP contribution in [0.25, 0.3) is 10.2 Å². The first-order chi connectivity index (χ1) is 14.5. The fraction of sp³-hybridized carbons (Fsp3) is 0.364. The lowest BCUT2D eigenvalue weighted by molar-refractivity contribution is -0.118. The number of thiophene rings is 1. The number of hydrogen-bond acceptors (Lipinski definition) is 6. The summed E-state index contributed by atoms with van der Waals surface area (Å²) < 4.78 is 5.66. The van der Waals surface area contributed by atoms with E-state index < -0.39 is 5.92 Å². The minimum Gasteiger partial charge on any atom is -0.493 e. The number of nitrogens with one attached hydrogen (secondary N) is 1. The molecule has 30 heavy (non-hydrogen) atoms. The summed E-state index contributed by atoms with van der Waals surface area (Å²) in [5.74, 6) is -0.719. The third kappa shape index (κ3) is 3.21. The summed E-state index contributed by atoms with van der Waals surface area (Å²) in [6.45, 7) is 0.549. The molecule has 1 aliphatic carbocycles. The van der Waals surface area contributed by atoms with Crippen molar-refractivity contribution >= 4 is 38.9 Å². The highest BCUT2D eigenvalue weighted by molar-refractivity contribution is 7.18. The van der Waals surface area contributed by atoms with Gasteiger partial charge in [0.25, 0.3) is 5.56 Å². The maximum atomic E-state index is 13.0. The quantitative estimate of drug-likeness (QED) is 0.665. The minimum absolute atomic E-state index is 0.0101. The Bertz CT molecular complexity index is 1290. The summed E-state index contributed by atoms with van der Waals surface area (Å²) in [5.41, 5.74) is 2.44. The normalized spacial score (nSPS) is 15.9. The maximum Gasteiger partial charge on any atom is 0.259 e. The van der Waals surface area contributed by atoms with Gasteiger partial charge in [-0.3, -0.25) is 9.59 Å². The van der Waals surface area contributed by atoms with Crippen LogP contribution in [0.1, 0.15) is 46.2 Å². The molecule has 0 saturated heterocycles. The number of nitriles is 1. The second-order valence-corrected chi connectivity index (χ2v) is 9.22. The number of rotatable bonds is 4. The predicted octanol–water partition coefficient (Wildman–Crippen LogP) is 3.87. The number of aryl methyl sites for hydroxylation is 2. The van der Waals surface area contributed by atoms with Crippen molar-refractivity contribution in [2.24, 2.45) is 0 Å². The Hall–Kier alpha value is -2.69. The van der Waals surface area contributed by atoms with Crippen molar-refractivity contribution < 1.29 is 9.53 Å². The van der Waals surface area contributed by atoms with E-state index in [1.807, 2.05) is 12.1 Å². The molecule has 1 atom stereocenters. The second kappa shape index (κ2) is 7.53. The zero-order valence-corrected chi connectivity index (χ0v) is 17.7. The van der Waals surface area contributed by atoms with E-state index in [4.69, 9.17) is 16.3 Å². The lowest BCUT2D eigenvalue weighted by Gasteiger charge is -2.11. The van der Waals surface area contributed by atoms with Gasteiger partial charge < -0.3 is 9.72 Å². The molecule has 0 fully saturated rings. The standard InChI is InChI=1S/C22H18ClN3O3S/c23-13-7-11-5-6-29-19(11)12(8-13)9-16(27)15(10-24)20-25-21(28)18-14-3-1-2-4-17(14)30-22(18)26-20/h7-8,15H,1-6,9H2,(H,25,26,28)/t15-/m0/s1. The van der Waals surface area contributed by atoms with Crippen molar-refractivity contribution in [3.05, 3.63) is 54.9 Å². The number of benzene rings is 1. The van der Waals surface area contributed by atoms with Gasteiger partial charge in [0.1, 0.15) is 16.4 Å². The Kier molecular flexibility index (Phi) is 4.84. The average Bonchev–Trinajstić information content (AvgIpc) is 3.32. The molecule has 3 heterocycles. The molecule has 152 valence electrons. The number of ketones is 1. The topological polar surface area (TPSA) is 95.8 Å². The van der Waals surface area contributed by atoms with Crippen LogP contribution in [-0.4, -0.2) is 22.4 Å². The van der Waals surface area contributed by atoms with Crippen molar-refractivity contribution in [2.45, 2.75) is 44.4 Å². The minimum atomic E-state index is -1.16. The van der Waals surface area contributed by atoms with Crippen molar-refractivity contribution in [1.82, 2.24) is 9.97 Å². The third-order valence-electron chi connectivity index (χ3n) is 5.76. The molecule has 8 heteroatoms. The van der Waals surface area contributed by atoms with Gasteiger partial charge >= 0.3 is 0 Å². The molecular weight excluding hydrogens is 422 g/mol. The van der Waals surface area contributed by atoms with Crippen LogP contribution in [0.5, 0.6) is 5.75 Å². The summed E-state index contributed by atoms with van der Waals surface area (Å²) >= 11 is 7.69. The average molecular weight is 440 g/mol. The van der Waals surface area contributed by atoms with Gasteiger partial charge in [0.05, 0.1) is 18.1 Å². The van der Waals surface area contributed by atoms with Crippen molar-refractivity contribution in [2.75, 3.05) is 6.61 Å². The van der Waals surface area contributed by atoms with E-state index in [0.717, 1.165) is 43.2 Å². The van der Waals surface area contributed by atoms with Gasteiger partial charge in [-0.05, 0) is 48.9 Å². The Morgan fingerprint density at radius 1 is 1.33 bits per heavy atom. The number of fused-ring (bicyclic) bond motifs is 4. The Morgan fingerprint density at radius 3 is 3.00 bits per heavy atom. The lowest BCUT2D eigenvalue weighted by atomic mass is 9.95. The van der Waals surface area contributed by atoms with E-state index in [0.29, 0.717) is 33.2 Å². The van der Waals surface area contributed by atoms with Crippen LogP contribution in [0.2, 0.25) is 5.02 Å². The Balaban J connectivity index is 1.50. The number of carbonyl (C=O) groups excluding carboxylic acids is 1. The monoisotopic (exact) mass is 439 g/mol. The number of ether oxygens (including phenoxy) is 1. The molecule has 2 aliphatic rings. The number of halogens is 1. The lowest BCUT2D eigenvalue weighted by Crippen LogP contribution is -2.21. The van der Waals surface area contributed by atoms with Gasteiger partial charge in [-0.2, -0.15) is 5.26 Å². The third-order valence-corrected chi connectivity index (χ3v) is 7.16. The smallest absolute Gasteiger partial charge is 0.259 e. The van der Waals surface area contributed by atoms with Crippen LogP contribution in [-0.2, 0) is 30.5 Å². The molecule has 0 spiro atoms. The molecule has 3 aromatic rings. The van der Waals surface area contributed by atoms with Crippen LogP contribution in [0, 0.1) is 11.3 Å². The first-order valence-corrected chi connectivity index (χ1v) is 11.2. The molecule has 0 unspecified atom stereocenters. The molecular formula is C22H18ClN3O3S. The number of aromatic amines is 1.